The van der Waals surface area contributed by atoms with Crippen LogP contribution in [0.2, 0.25) is 0 Å². The van der Waals surface area contributed by atoms with Crippen LogP contribution in [0.4, 0.5) is 11.5 Å². The molecule has 102 valence electrons. The highest BCUT2D eigenvalue weighted by Gasteiger charge is 2.18. The van der Waals surface area contributed by atoms with Crippen molar-refractivity contribution in [3.63, 3.8) is 0 Å². The minimum Gasteiger partial charge on any atom is -0.497 e. The molecule has 0 bridgehead atoms. The van der Waals surface area contributed by atoms with Crippen LogP contribution in [0.1, 0.15) is 17.1 Å². The van der Waals surface area contributed by atoms with E-state index in [1.165, 1.54) is 5.56 Å². The van der Waals surface area contributed by atoms with Crippen LogP contribution in [0.5, 0.6) is 5.75 Å². The van der Waals surface area contributed by atoms with E-state index in [0.29, 0.717) is 0 Å². The predicted molar refractivity (Wildman–Crippen MR) is 80.6 cm³/mol. The molecule has 2 aromatic rings. The zero-order chi connectivity index (χ0) is 14.1. The molecule has 1 aliphatic carbocycles. The van der Waals surface area contributed by atoms with Crippen molar-refractivity contribution >= 4 is 17.6 Å². The van der Waals surface area contributed by atoms with Crippen molar-refractivity contribution in [2.75, 3.05) is 19.1 Å². The van der Waals surface area contributed by atoms with Gasteiger partial charge < -0.3 is 9.64 Å². The molecule has 4 nitrogen and oxygen atoms in total. The molecule has 4 heteroatoms. The van der Waals surface area contributed by atoms with Crippen molar-refractivity contribution in [1.29, 1.82) is 0 Å². The summed E-state index contributed by atoms with van der Waals surface area (Å²) in [5, 5.41) is 0. The summed E-state index contributed by atoms with van der Waals surface area (Å²) in [4.78, 5) is 11.2. The molecule has 1 aromatic carbocycles. The van der Waals surface area contributed by atoms with E-state index in [1.54, 1.807) is 7.11 Å². The number of hydrogen-bond donors (Lipinski definition) is 0. The van der Waals surface area contributed by atoms with Crippen molar-refractivity contribution in [1.82, 2.24) is 9.97 Å². The molecule has 0 aliphatic heterocycles. The van der Waals surface area contributed by atoms with E-state index in [-0.39, 0.29) is 0 Å². The van der Waals surface area contributed by atoms with Gasteiger partial charge in [0.25, 0.3) is 0 Å². The molecule has 1 aromatic heterocycles. The molecule has 0 amide bonds. The Labute approximate surface area is 118 Å². The lowest BCUT2D eigenvalue weighted by Gasteiger charge is -2.21. The highest BCUT2D eigenvalue weighted by Crippen LogP contribution is 2.31. The van der Waals surface area contributed by atoms with Gasteiger partial charge in [-0.25, -0.2) is 9.97 Å². The Morgan fingerprint density at radius 1 is 1.15 bits per heavy atom. The molecular weight excluding hydrogens is 250 g/mol. The third-order valence-electron chi connectivity index (χ3n) is 3.50. The molecule has 1 aliphatic rings. The molecule has 0 saturated heterocycles. The van der Waals surface area contributed by atoms with Crippen LogP contribution in [-0.2, 0) is 6.42 Å². The van der Waals surface area contributed by atoms with Crippen molar-refractivity contribution < 1.29 is 4.74 Å². The first-order valence-corrected chi connectivity index (χ1v) is 6.61. The second kappa shape index (κ2) is 4.96. The number of anilines is 2. The summed E-state index contributed by atoms with van der Waals surface area (Å²) in [6.45, 7) is 1.93. The van der Waals surface area contributed by atoms with Crippen LogP contribution < -0.4 is 9.64 Å². The van der Waals surface area contributed by atoms with Gasteiger partial charge in [-0.15, -0.1) is 0 Å². The van der Waals surface area contributed by atoms with Crippen LogP contribution in [0.25, 0.3) is 6.08 Å². The fourth-order valence-electron chi connectivity index (χ4n) is 2.43. The van der Waals surface area contributed by atoms with Crippen LogP contribution in [0.15, 0.2) is 30.3 Å². The number of aryl methyl sites for hydroxylation is 1. The van der Waals surface area contributed by atoms with Gasteiger partial charge in [-0.2, -0.15) is 0 Å². The monoisotopic (exact) mass is 267 g/mol. The Morgan fingerprint density at radius 3 is 2.60 bits per heavy atom. The van der Waals surface area contributed by atoms with E-state index in [0.717, 1.165) is 35.2 Å². The first-order chi connectivity index (χ1) is 9.69. The van der Waals surface area contributed by atoms with Gasteiger partial charge in [0.15, 0.2) is 0 Å². The van der Waals surface area contributed by atoms with E-state index in [2.05, 4.69) is 27.0 Å². The lowest BCUT2D eigenvalue weighted by atomic mass is 10.2. The summed E-state index contributed by atoms with van der Waals surface area (Å²) >= 11 is 0. The van der Waals surface area contributed by atoms with Crippen LogP contribution in [0.3, 0.4) is 0 Å². The van der Waals surface area contributed by atoms with Crippen molar-refractivity contribution in [3.05, 3.63) is 47.4 Å². The summed E-state index contributed by atoms with van der Waals surface area (Å²) < 4.78 is 5.19. The van der Waals surface area contributed by atoms with E-state index >= 15 is 0 Å². The molecule has 3 rings (SSSR count). The SMILES string of the molecule is COc1ccc(N(C)c2nc(C)nc3c2CC=C3)cc1. The van der Waals surface area contributed by atoms with Crippen molar-refractivity contribution in [2.24, 2.45) is 0 Å². The van der Waals surface area contributed by atoms with E-state index in [9.17, 15) is 0 Å². The third-order valence-corrected chi connectivity index (χ3v) is 3.50. The molecule has 0 atom stereocenters. The van der Waals surface area contributed by atoms with Gasteiger partial charge in [0, 0.05) is 18.3 Å². The maximum atomic E-state index is 5.19. The van der Waals surface area contributed by atoms with Gasteiger partial charge in [-0.1, -0.05) is 6.08 Å². The number of nitrogens with zero attached hydrogens (tertiary/aromatic N) is 3. The molecule has 0 radical (unpaired) electrons. The van der Waals surface area contributed by atoms with Crippen molar-refractivity contribution in [3.8, 4) is 5.75 Å². The number of methoxy groups -OCH3 is 1. The van der Waals surface area contributed by atoms with Gasteiger partial charge >= 0.3 is 0 Å². The number of rotatable bonds is 3. The Balaban J connectivity index is 2.00. The number of benzene rings is 1. The summed E-state index contributed by atoms with van der Waals surface area (Å²) in [7, 11) is 3.70. The summed E-state index contributed by atoms with van der Waals surface area (Å²) in [6.07, 6.45) is 5.09. The van der Waals surface area contributed by atoms with Crippen molar-refractivity contribution in [2.45, 2.75) is 13.3 Å². The second-order valence-electron chi connectivity index (χ2n) is 4.82. The van der Waals surface area contributed by atoms with E-state index in [4.69, 9.17) is 4.74 Å². The Kier molecular flexibility index (Phi) is 3.14. The Hall–Kier alpha value is -2.36. The van der Waals surface area contributed by atoms with E-state index in [1.807, 2.05) is 38.2 Å². The Morgan fingerprint density at radius 2 is 1.90 bits per heavy atom. The smallest absolute Gasteiger partial charge is 0.140 e. The van der Waals surface area contributed by atoms with Crippen LogP contribution in [0, 0.1) is 6.92 Å². The highest BCUT2D eigenvalue weighted by molar-refractivity contribution is 5.70. The summed E-state index contributed by atoms with van der Waals surface area (Å²) in [6, 6.07) is 7.98. The normalized spacial score (nSPS) is 12.3. The molecule has 0 spiro atoms. The van der Waals surface area contributed by atoms with Gasteiger partial charge in [0.2, 0.25) is 0 Å². The zero-order valence-electron chi connectivity index (χ0n) is 11.9. The number of fused-ring (bicyclic) bond motifs is 1. The number of hydrogen-bond acceptors (Lipinski definition) is 4. The molecular formula is C16H17N3O. The molecule has 0 N–H and O–H groups in total. The van der Waals surface area contributed by atoms with Crippen LogP contribution in [-0.4, -0.2) is 24.1 Å². The average Bonchev–Trinajstić information content (AvgIpc) is 2.94. The largest absolute Gasteiger partial charge is 0.497 e. The first-order valence-electron chi connectivity index (χ1n) is 6.61. The second-order valence-corrected chi connectivity index (χ2v) is 4.82. The third kappa shape index (κ3) is 2.13. The van der Waals surface area contributed by atoms with Crippen LogP contribution >= 0.6 is 0 Å². The zero-order valence-corrected chi connectivity index (χ0v) is 11.9. The molecule has 20 heavy (non-hydrogen) atoms. The molecule has 0 unspecified atom stereocenters. The minimum atomic E-state index is 0.797. The average molecular weight is 267 g/mol. The van der Waals surface area contributed by atoms with Gasteiger partial charge in [0.1, 0.15) is 17.4 Å². The maximum absolute atomic E-state index is 5.19. The molecule has 0 saturated carbocycles. The maximum Gasteiger partial charge on any atom is 0.140 e. The van der Waals surface area contributed by atoms with Gasteiger partial charge in [0.05, 0.1) is 12.8 Å². The molecule has 0 fully saturated rings. The van der Waals surface area contributed by atoms with Gasteiger partial charge in [-0.05, 0) is 43.7 Å². The highest BCUT2D eigenvalue weighted by atomic mass is 16.5. The lowest BCUT2D eigenvalue weighted by Crippen LogP contribution is -2.15. The fourth-order valence-corrected chi connectivity index (χ4v) is 2.43. The topological polar surface area (TPSA) is 38.2 Å². The fraction of sp³-hybridized carbons (Fsp3) is 0.250. The molecule has 1 heterocycles. The Bertz CT molecular complexity index is 662. The number of ether oxygens (including phenoxy) is 1. The number of allylic oxidation sites excluding steroid dienone is 1. The number of aromatic nitrogens is 2. The first kappa shape index (κ1) is 12.7. The van der Waals surface area contributed by atoms with Gasteiger partial charge in [-0.3, -0.25) is 0 Å². The summed E-state index contributed by atoms with van der Waals surface area (Å²) in [5.41, 5.74) is 3.31. The minimum absolute atomic E-state index is 0.797. The predicted octanol–water partition coefficient (Wildman–Crippen LogP) is 3.13. The quantitative estimate of drug-likeness (QED) is 0.856. The lowest BCUT2D eigenvalue weighted by molar-refractivity contribution is 0.415. The van der Waals surface area contributed by atoms with E-state index < -0.39 is 0 Å². The summed E-state index contributed by atoms with van der Waals surface area (Å²) in [5.74, 6) is 2.63. The standard InChI is InChI=1S/C16H17N3O/c1-11-17-15-6-4-5-14(15)16(18-11)19(2)12-7-9-13(20-3)10-8-12/h4,6-10H,5H2,1-3H3.